The standard InChI is InChI=1S/C28H32ClN5O4/c1-5-6-15-33(2)18-26(35)34(3)21-9-7-19(8-10-21)27(36)31-24-12-11-22(38-4)17-23(24)28(37)32-25-16-20(29)13-14-30-25/h7-14,16-17H,5-6,15,18H2,1-4H3,(H,31,36)(H,30,32,37). The summed E-state index contributed by atoms with van der Waals surface area (Å²) in [5.74, 6) is -0.222. The van der Waals surface area contributed by atoms with Gasteiger partial charge in [-0.1, -0.05) is 24.9 Å². The van der Waals surface area contributed by atoms with Crippen LogP contribution in [0, 0.1) is 0 Å². The van der Waals surface area contributed by atoms with Gasteiger partial charge in [0.25, 0.3) is 11.8 Å². The number of nitrogens with one attached hydrogen (secondary N) is 2. The highest BCUT2D eigenvalue weighted by Gasteiger charge is 2.18. The maximum atomic E-state index is 13.0. The van der Waals surface area contributed by atoms with Gasteiger partial charge in [0.05, 0.1) is 24.9 Å². The van der Waals surface area contributed by atoms with E-state index in [0.717, 1.165) is 19.4 Å². The molecule has 2 aromatic carbocycles. The SMILES string of the molecule is CCCCN(C)CC(=O)N(C)c1ccc(C(=O)Nc2ccc(OC)cc2C(=O)Nc2cc(Cl)ccn2)cc1. The number of nitrogens with zero attached hydrogens (tertiary/aromatic N) is 3. The second-order valence-corrected chi connectivity index (χ2v) is 9.21. The molecule has 0 aliphatic carbocycles. The van der Waals surface area contributed by atoms with Crippen LogP contribution in [0.3, 0.4) is 0 Å². The second kappa shape index (κ2) is 13.6. The molecular formula is C28H32ClN5O4. The zero-order chi connectivity index (χ0) is 27.7. The smallest absolute Gasteiger partial charge is 0.259 e. The molecule has 9 nitrogen and oxygen atoms in total. The molecule has 0 unspecified atom stereocenters. The quantitative estimate of drug-likeness (QED) is 0.359. The Balaban J connectivity index is 1.72. The first-order chi connectivity index (χ1) is 18.2. The van der Waals surface area contributed by atoms with Crippen LogP contribution in [-0.2, 0) is 4.79 Å². The molecule has 0 aliphatic rings. The van der Waals surface area contributed by atoms with Crippen molar-refractivity contribution in [1.29, 1.82) is 0 Å². The number of ether oxygens (including phenoxy) is 1. The van der Waals surface area contributed by atoms with Crippen molar-refractivity contribution in [2.75, 3.05) is 49.8 Å². The van der Waals surface area contributed by atoms with Crippen molar-refractivity contribution in [3.05, 3.63) is 76.9 Å². The number of carbonyl (C=O) groups is 3. The minimum absolute atomic E-state index is 0.0381. The third-order valence-electron chi connectivity index (χ3n) is 5.87. The molecule has 2 N–H and O–H groups in total. The number of halogens is 1. The van der Waals surface area contributed by atoms with Crippen LogP contribution in [-0.4, -0.2) is 61.9 Å². The second-order valence-electron chi connectivity index (χ2n) is 8.77. The van der Waals surface area contributed by atoms with E-state index in [4.69, 9.17) is 16.3 Å². The fraction of sp³-hybridized carbons (Fsp3) is 0.286. The molecule has 1 aromatic heterocycles. The fourth-order valence-electron chi connectivity index (χ4n) is 3.62. The number of rotatable bonds is 11. The van der Waals surface area contributed by atoms with Crippen molar-refractivity contribution in [1.82, 2.24) is 9.88 Å². The largest absolute Gasteiger partial charge is 0.497 e. The van der Waals surface area contributed by atoms with Crippen LogP contribution in [0.5, 0.6) is 5.75 Å². The van der Waals surface area contributed by atoms with E-state index < -0.39 is 11.8 Å². The van der Waals surface area contributed by atoms with Crippen LogP contribution in [0.25, 0.3) is 0 Å². The predicted molar refractivity (Wildman–Crippen MR) is 150 cm³/mol. The zero-order valence-corrected chi connectivity index (χ0v) is 22.7. The molecule has 0 saturated carbocycles. The van der Waals surface area contributed by atoms with Gasteiger partial charge >= 0.3 is 0 Å². The van der Waals surface area contributed by atoms with E-state index in [-0.39, 0.29) is 17.3 Å². The van der Waals surface area contributed by atoms with Gasteiger partial charge in [-0.05, 0) is 74.6 Å². The Morgan fingerprint density at radius 1 is 0.974 bits per heavy atom. The number of pyridine rings is 1. The van der Waals surface area contributed by atoms with E-state index in [9.17, 15) is 14.4 Å². The van der Waals surface area contributed by atoms with Crippen LogP contribution >= 0.6 is 11.6 Å². The number of amides is 3. The fourth-order valence-corrected chi connectivity index (χ4v) is 3.78. The molecule has 0 radical (unpaired) electrons. The molecule has 3 amide bonds. The molecule has 0 spiro atoms. The normalized spacial score (nSPS) is 10.7. The van der Waals surface area contributed by atoms with Crippen molar-refractivity contribution in [2.45, 2.75) is 19.8 Å². The van der Waals surface area contributed by atoms with Crippen LogP contribution in [0.15, 0.2) is 60.8 Å². The number of unbranched alkanes of at least 4 members (excludes halogenated alkanes) is 1. The first-order valence-corrected chi connectivity index (χ1v) is 12.6. The topological polar surface area (TPSA) is 104 Å². The van der Waals surface area contributed by atoms with Gasteiger partial charge in [-0.15, -0.1) is 0 Å². The van der Waals surface area contributed by atoms with Gasteiger partial charge in [-0.3, -0.25) is 19.3 Å². The molecule has 200 valence electrons. The molecule has 10 heteroatoms. The maximum Gasteiger partial charge on any atom is 0.259 e. The van der Waals surface area contributed by atoms with Crippen molar-refractivity contribution < 1.29 is 19.1 Å². The first-order valence-electron chi connectivity index (χ1n) is 12.2. The lowest BCUT2D eigenvalue weighted by molar-refractivity contribution is -0.119. The number of methoxy groups -OCH3 is 1. The molecule has 0 fully saturated rings. The van der Waals surface area contributed by atoms with Gasteiger partial charge in [0.1, 0.15) is 11.6 Å². The minimum atomic E-state index is -0.492. The summed E-state index contributed by atoms with van der Waals surface area (Å²) in [5.41, 5.74) is 1.53. The molecule has 0 atom stereocenters. The summed E-state index contributed by atoms with van der Waals surface area (Å²) in [5, 5.41) is 5.89. The maximum absolute atomic E-state index is 13.0. The molecule has 38 heavy (non-hydrogen) atoms. The highest BCUT2D eigenvalue weighted by molar-refractivity contribution is 6.30. The van der Waals surface area contributed by atoms with Crippen molar-refractivity contribution in [2.24, 2.45) is 0 Å². The van der Waals surface area contributed by atoms with Gasteiger partial charge in [0.2, 0.25) is 5.91 Å². The average Bonchev–Trinajstić information content (AvgIpc) is 2.91. The Labute approximate surface area is 227 Å². The Bertz CT molecular complexity index is 1280. The molecule has 0 bridgehead atoms. The lowest BCUT2D eigenvalue weighted by atomic mass is 10.1. The summed E-state index contributed by atoms with van der Waals surface area (Å²) < 4.78 is 5.25. The third kappa shape index (κ3) is 7.77. The highest BCUT2D eigenvalue weighted by atomic mass is 35.5. The van der Waals surface area contributed by atoms with Gasteiger partial charge in [-0.25, -0.2) is 4.98 Å². The van der Waals surface area contributed by atoms with Gasteiger partial charge in [0.15, 0.2) is 0 Å². The highest BCUT2D eigenvalue weighted by Crippen LogP contribution is 2.25. The van der Waals surface area contributed by atoms with Crippen molar-refractivity contribution >= 4 is 46.5 Å². The first kappa shape index (κ1) is 28.6. The van der Waals surface area contributed by atoms with Gasteiger partial charge in [0, 0.05) is 29.5 Å². The Kier molecular flexibility index (Phi) is 10.2. The molecule has 3 aromatic rings. The van der Waals surface area contributed by atoms with Crippen molar-refractivity contribution in [3.63, 3.8) is 0 Å². The molecular weight excluding hydrogens is 506 g/mol. The van der Waals surface area contributed by atoms with Crippen LogP contribution in [0.2, 0.25) is 5.02 Å². The number of anilines is 3. The van der Waals surface area contributed by atoms with E-state index in [1.165, 1.54) is 25.4 Å². The Hall–Kier alpha value is -3.95. The summed E-state index contributed by atoms with van der Waals surface area (Å²) in [6.45, 7) is 3.28. The summed E-state index contributed by atoms with van der Waals surface area (Å²) >= 11 is 5.99. The lowest BCUT2D eigenvalue weighted by Gasteiger charge is -2.22. The number of hydrogen-bond acceptors (Lipinski definition) is 6. The van der Waals surface area contributed by atoms with E-state index in [1.54, 1.807) is 54.4 Å². The summed E-state index contributed by atoms with van der Waals surface area (Å²) in [7, 11) is 5.12. The van der Waals surface area contributed by atoms with E-state index in [1.807, 2.05) is 11.9 Å². The number of likely N-dealkylation sites (N-methyl/N-ethyl adjacent to an activating group) is 2. The number of aromatic nitrogens is 1. The molecule has 1 heterocycles. The summed E-state index contributed by atoms with van der Waals surface area (Å²) in [6, 6.07) is 14.6. The number of hydrogen-bond donors (Lipinski definition) is 2. The van der Waals surface area contributed by atoms with E-state index in [2.05, 4.69) is 22.5 Å². The summed E-state index contributed by atoms with van der Waals surface area (Å²) in [6.07, 6.45) is 3.58. The van der Waals surface area contributed by atoms with Crippen molar-refractivity contribution in [3.8, 4) is 5.75 Å². The van der Waals surface area contributed by atoms with Crippen LogP contribution in [0.4, 0.5) is 17.2 Å². The lowest BCUT2D eigenvalue weighted by Crippen LogP contribution is -2.37. The number of carbonyl (C=O) groups excluding carboxylic acids is 3. The van der Waals surface area contributed by atoms with E-state index >= 15 is 0 Å². The summed E-state index contributed by atoms with van der Waals surface area (Å²) in [4.78, 5) is 46.3. The van der Waals surface area contributed by atoms with Crippen LogP contribution < -0.4 is 20.3 Å². The molecule has 0 saturated heterocycles. The molecule has 0 aliphatic heterocycles. The molecule has 3 rings (SSSR count). The minimum Gasteiger partial charge on any atom is -0.497 e. The number of benzene rings is 2. The van der Waals surface area contributed by atoms with E-state index in [0.29, 0.717) is 34.3 Å². The average molecular weight is 538 g/mol. The predicted octanol–water partition coefficient (Wildman–Crippen LogP) is 4.94. The zero-order valence-electron chi connectivity index (χ0n) is 22.0. The van der Waals surface area contributed by atoms with Gasteiger partial charge in [-0.2, -0.15) is 0 Å². The Morgan fingerprint density at radius 2 is 1.71 bits per heavy atom. The third-order valence-corrected chi connectivity index (χ3v) is 6.11. The van der Waals surface area contributed by atoms with Crippen LogP contribution in [0.1, 0.15) is 40.5 Å². The van der Waals surface area contributed by atoms with Gasteiger partial charge < -0.3 is 20.3 Å². The monoisotopic (exact) mass is 537 g/mol. The Morgan fingerprint density at radius 3 is 2.37 bits per heavy atom.